The van der Waals surface area contributed by atoms with Crippen molar-refractivity contribution in [1.29, 1.82) is 0 Å². The van der Waals surface area contributed by atoms with Crippen LogP contribution in [0.5, 0.6) is 5.75 Å². The van der Waals surface area contributed by atoms with Gasteiger partial charge in [-0.3, -0.25) is 9.52 Å². The summed E-state index contributed by atoms with van der Waals surface area (Å²) < 4.78 is 62.8. The molecular weight excluding hydrogens is 563 g/mol. The smallest absolute Gasteiger partial charge is 0.262 e. The Morgan fingerprint density at radius 3 is 2.46 bits per heavy atom. The number of fused-ring (bicyclic) bond motifs is 1. The largest absolute Gasteiger partial charge is 0.486 e. The molecule has 0 radical (unpaired) electrons. The number of thiophene rings is 1. The maximum atomic E-state index is 13.6. The van der Waals surface area contributed by atoms with E-state index in [1.807, 2.05) is 6.92 Å². The monoisotopic (exact) mass is 593 g/mol. The third kappa shape index (κ3) is 6.12. The molecule has 0 saturated carbocycles. The molecule has 10 nitrogen and oxygen atoms in total. The molecule has 39 heavy (non-hydrogen) atoms. The number of benzene rings is 2. The normalized spacial score (nSPS) is 19.1. The number of sulfonamides is 2. The molecule has 2 heterocycles. The van der Waals surface area contributed by atoms with Gasteiger partial charge in [0, 0.05) is 19.5 Å². The van der Waals surface area contributed by atoms with Crippen molar-refractivity contribution in [2.24, 2.45) is 5.92 Å². The fourth-order valence-electron chi connectivity index (χ4n) is 4.26. The van der Waals surface area contributed by atoms with Crippen molar-refractivity contribution in [2.45, 2.75) is 35.1 Å². The van der Waals surface area contributed by atoms with Crippen LogP contribution in [-0.2, 0) is 20.0 Å². The van der Waals surface area contributed by atoms with Crippen LogP contribution in [0.3, 0.4) is 0 Å². The molecule has 0 fully saturated rings. The summed E-state index contributed by atoms with van der Waals surface area (Å²) in [5, 5.41) is 11.5. The van der Waals surface area contributed by atoms with E-state index in [4.69, 9.17) is 4.74 Å². The Hall–Kier alpha value is -2.97. The van der Waals surface area contributed by atoms with Crippen molar-refractivity contribution in [1.82, 2.24) is 9.21 Å². The van der Waals surface area contributed by atoms with E-state index in [9.17, 15) is 26.7 Å². The number of nitrogens with zero attached hydrogens (tertiary/aromatic N) is 2. The molecular formula is C26H31N3O7S3. The zero-order chi connectivity index (χ0) is 28.4. The molecule has 0 spiro atoms. The minimum absolute atomic E-state index is 0.00406. The number of rotatable bonds is 9. The molecule has 2 N–H and O–H groups in total. The molecule has 4 rings (SSSR count). The Kier molecular flexibility index (Phi) is 8.66. The van der Waals surface area contributed by atoms with Crippen molar-refractivity contribution in [3.8, 4) is 5.75 Å². The number of hydrogen-bond donors (Lipinski definition) is 2. The molecule has 3 atom stereocenters. The van der Waals surface area contributed by atoms with Crippen molar-refractivity contribution >= 4 is 43.0 Å². The number of likely N-dealkylation sites (N-methyl/N-ethyl adjacent to an activating group) is 1. The number of ether oxygens (including phenoxy) is 1. The van der Waals surface area contributed by atoms with Gasteiger partial charge in [0.25, 0.3) is 26.0 Å². The number of aliphatic hydroxyl groups is 1. The molecule has 2 aromatic carbocycles. The van der Waals surface area contributed by atoms with E-state index < -0.39 is 38.1 Å². The Balaban J connectivity index is 1.77. The molecule has 13 heteroatoms. The van der Waals surface area contributed by atoms with E-state index in [1.165, 1.54) is 52.7 Å². The number of carbonyl (C=O) groups is 1. The molecule has 1 aliphatic rings. The third-order valence-electron chi connectivity index (χ3n) is 6.59. The van der Waals surface area contributed by atoms with Crippen LogP contribution < -0.4 is 9.46 Å². The Labute approximate surface area is 232 Å². The van der Waals surface area contributed by atoms with E-state index in [0.717, 1.165) is 11.3 Å². The number of hydrogen-bond acceptors (Lipinski definition) is 8. The average Bonchev–Trinajstić information content (AvgIpc) is 3.47. The van der Waals surface area contributed by atoms with E-state index in [2.05, 4.69) is 4.72 Å². The molecule has 3 aromatic rings. The van der Waals surface area contributed by atoms with Gasteiger partial charge >= 0.3 is 0 Å². The van der Waals surface area contributed by atoms with Gasteiger partial charge in [-0.05, 0) is 42.6 Å². The summed E-state index contributed by atoms with van der Waals surface area (Å²) in [6, 6.07) is 15.0. The Bertz CT molecular complexity index is 1510. The van der Waals surface area contributed by atoms with Crippen LogP contribution in [-0.4, -0.2) is 75.9 Å². The summed E-state index contributed by atoms with van der Waals surface area (Å²) in [5.74, 6) is -0.816. The minimum Gasteiger partial charge on any atom is -0.486 e. The fraction of sp³-hybridized carbons (Fsp3) is 0.346. The lowest BCUT2D eigenvalue weighted by molar-refractivity contribution is 0.0389. The van der Waals surface area contributed by atoms with Gasteiger partial charge in [0.05, 0.1) is 35.3 Å². The van der Waals surface area contributed by atoms with Crippen LogP contribution in [0.4, 0.5) is 5.69 Å². The topological polar surface area (TPSA) is 133 Å². The first-order valence-corrected chi connectivity index (χ1v) is 16.0. The Morgan fingerprint density at radius 2 is 1.82 bits per heavy atom. The fourth-order valence-corrected chi connectivity index (χ4v) is 7.73. The van der Waals surface area contributed by atoms with Crippen LogP contribution in [0.2, 0.25) is 0 Å². The summed E-state index contributed by atoms with van der Waals surface area (Å²) in [5.41, 5.74) is 0.147. The number of aliphatic hydroxyl groups excluding tert-OH is 1. The number of amides is 1. The van der Waals surface area contributed by atoms with Gasteiger partial charge in [-0.15, -0.1) is 11.3 Å². The van der Waals surface area contributed by atoms with Crippen LogP contribution in [0, 0.1) is 5.92 Å². The number of anilines is 1. The molecule has 1 amide bonds. The highest BCUT2D eigenvalue weighted by molar-refractivity contribution is 7.92. The molecule has 0 saturated heterocycles. The van der Waals surface area contributed by atoms with Crippen molar-refractivity contribution in [3.05, 3.63) is 71.6 Å². The molecule has 1 aliphatic heterocycles. The lowest BCUT2D eigenvalue weighted by atomic mass is 9.99. The summed E-state index contributed by atoms with van der Waals surface area (Å²) >= 11 is 1.10. The average molecular weight is 594 g/mol. The second kappa shape index (κ2) is 11.6. The SMILES string of the molecule is C[C@H](CO)N1C[C@H](C)[C@H](CN(C)S(=O)(=O)c2cccs2)Oc2c(NS(=O)(=O)c3ccccc3)cccc2C1=O. The molecule has 210 valence electrons. The summed E-state index contributed by atoms with van der Waals surface area (Å²) in [7, 11) is -6.37. The first kappa shape index (κ1) is 29.0. The first-order valence-electron chi connectivity index (χ1n) is 12.2. The van der Waals surface area contributed by atoms with Crippen molar-refractivity contribution < 1.29 is 31.5 Å². The second-order valence-electron chi connectivity index (χ2n) is 9.44. The highest BCUT2D eigenvalue weighted by Gasteiger charge is 2.36. The highest BCUT2D eigenvalue weighted by atomic mass is 32.2. The van der Waals surface area contributed by atoms with Crippen molar-refractivity contribution in [3.63, 3.8) is 0 Å². The maximum Gasteiger partial charge on any atom is 0.262 e. The molecule has 0 unspecified atom stereocenters. The highest BCUT2D eigenvalue weighted by Crippen LogP contribution is 2.36. The zero-order valence-corrected chi connectivity index (χ0v) is 24.2. The Morgan fingerprint density at radius 1 is 1.10 bits per heavy atom. The standard InChI is InChI=1S/C26H31N3O7S3/c1-18-15-29(19(2)17-30)26(31)21-11-7-12-22(27-38(32,33)20-9-5-4-6-10-20)25(21)36-23(18)16-28(3)39(34,35)24-13-8-14-37-24/h4-14,18-19,23,27,30H,15-17H2,1-3H3/t18-,19+,23-/m0/s1. The van der Waals surface area contributed by atoms with Gasteiger partial charge in [0.2, 0.25) is 0 Å². The van der Waals surface area contributed by atoms with Crippen LogP contribution in [0.1, 0.15) is 24.2 Å². The molecule has 1 aromatic heterocycles. The quantitative estimate of drug-likeness (QED) is 0.390. The van der Waals surface area contributed by atoms with E-state index in [0.29, 0.717) is 0 Å². The maximum absolute atomic E-state index is 13.6. The van der Waals surface area contributed by atoms with E-state index in [1.54, 1.807) is 36.6 Å². The van der Waals surface area contributed by atoms with Gasteiger partial charge in [0.15, 0.2) is 5.75 Å². The van der Waals surface area contributed by atoms with E-state index >= 15 is 0 Å². The zero-order valence-electron chi connectivity index (χ0n) is 21.7. The lowest BCUT2D eigenvalue weighted by Crippen LogP contribution is -2.50. The number of para-hydroxylation sites is 1. The third-order valence-corrected chi connectivity index (χ3v) is 11.2. The summed E-state index contributed by atoms with van der Waals surface area (Å²) in [6.45, 7) is 3.37. The summed E-state index contributed by atoms with van der Waals surface area (Å²) in [6.07, 6.45) is -0.757. The van der Waals surface area contributed by atoms with Gasteiger partial charge in [0.1, 0.15) is 10.3 Å². The van der Waals surface area contributed by atoms with Gasteiger partial charge in [-0.2, -0.15) is 4.31 Å². The van der Waals surface area contributed by atoms with Gasteiger partial charge < -0.3 is 14.7 Å². The molecule has 0 aliphatic carbocycles. The number of carbonyl (C=O) groups excluding carboxylic acids is 1. The van der Waals surface area contributed by atoms with Crippen LogP contribution >= 0.6 is 11.3 Å². The predicted octanol–water partition coefficient (Wildman–Crippen LogP) is 3.09. The van der Waals surface area contributed by atoms with Gasteiger partial charge in [-0.1, -0.05) is 37.3 Å². The minimum atomic E-state index is -4.03. The molecule has 0 bridgehead atoms. The predicted molar refractivity (Wildman–Crippen MR) is 149 cm³/mol. The van der Waals surface area contributed by atoms with Crippen LogP contribution in [0.15, 0.2) is 75.1 Å². The van der Waals surface area contributed by atoms with Gasteiger partial charge in [-0.25, -0.2) is 16.8 Å². The first-order chi connectivity index (χ1) is 18.5. The van der Waals surface area contributed by atoms with E-state index in [-0.39, 0.29) is 51.7 Å². The van der Waals surface area contributed by atoms with Crippen molar-refractivity contribution in [2.75, 3.05) is 31.5 Å². The number of nitrogens with one attached hydrogen (secondary N) is 1. The second-order valence-corrected chi connectivity index (χ2v) is 14.3. The summed E-state index contributed by atoms with van der Waals surface area (Å²) in [4.78, 5) is 15.2. The van der Waals surface area contributed by atoms with Crippen LogP contribution in [0.25, 0.3) is 0 Å². The lowest BCUT2D eigenvalue weighted by Gasteiger charge is -2.38.